The summed E-state index contributed by atoms with van der Waals surface area (Å²) in [5.41, 5.74) is 0. The van der Waals surface area contributed by atoms with Crippen molar-refractivity contribution < 1.29 is 0 Å². The Kier molecular flexibility index (Phi) is 7.33. The molecule has 0 aliphatic heterocycles. The van der Waals surface area contributed by atoms with E-state index in [1.807, 2.05) is 0 Å². The van der Waals surface area contributed by atoms with Gasteiger partial charge in [0.25, 0.3) is 0 Å². The van der Waals surface area contributed by atoms with Crippen LogP contribution in [0.4, 0.5) is 0 Å². The van der Waals surface area contributed by atoms with Crippen molar-refractivity contribution in [2.75, 3.05) is 26.7 Å². The van der Waals surface area contributed by atoms with Gasteiger partial charge in [0.1, 0.15) is 0 Å². The van der Waals surface area contributed by atoms with Gasteiger partial charge in [0.15, 0.2) is 0 Å². The highest BCUT2D eigenvalue weighted by molar-refractivity contribution is 6.29. The highest BCUT2D eigenvalue weighted by atomic mass is 35.5. The summed E-state index contributed by atoms with van der Waals surface area (Å²) in [6.07, 6.45) is 1.19. The maximum atomic E-state index is 5.61. The molecule has 0 aromatic carbocycles. The first-order valence-corrected chi connectivity index (χ1v) is 5.20. The maximum absolute atomic E-state index is 5.61. The van der Waals surface area contributed by atoms with E-state index in [1.165, 1.54) is 6.42 Å². The minimum atomic E-state index is 0.654. The van der Waals surface area contributed by atoms with Crippen molar-refractivity contribution in [3.8, 4) is 0 Å². The standard InChI is InChI=1S/C10H21ClN2/c1-5-10(3)13(4)7-6-12-8-9(2)11/h10,12H,2,5-8H2,1,3-4H3. The second-order valence-corrected chi connectivity index (χ2v) is 3.97. The zero-order chi connectivity index (χ0) is 10.3. The summed E-state index contributed by atoms with van der Waals surface area (Å²) in [7, 11) is 2.14. The molecule has 0 saturated heterocycles. The summed E-state index contributed by atoms with van der Waals surface area (Å²) in [5, 5.41) is 3.89. The third kappa shape index (κ3) is 7.05. The van der Waals surface area contributed by atoms with E-state index in [1.54, 1.807) is 0 Å². The Balaban J connectivity index is 3.36. The van der Waals surface area contributed by atoms with Crippen LogP contribution in [0.25, 0.3) is 0 Å². The van der Waals surface area contributed by atoms with Crippen LogP contribution in [0.1, 0.15) is 20.3 Å². The lowest BCUT2D eigenvalue weighted by Gasteiger charge is -2.23. The lowest BCUT2D eigenvalue weighted by molar-refractivity contribution is 0.253. The lowest BCUT2D eigenvalue weighted by Crippen LogP contribution is -2.35. The molecule has 0 aromatic rings. The Morgan fingerprint density at radius 2 is 2.23 bits per heavy atom. The second kappa shape index (κ2) is 7.36. The third-order valence-electron chi connectivity index (χ3n) is 2.30. The SMILES string of the molecule is C=C(Cl)CNCCN(C)C(C)CC. The quantitative estimate of drug-likeness (QED) is 0.639. The number of hydrogen-bond donors (Lipinski definition) is 1. The maximum Gasteiger partial charge on any atom is 0.0307 e. The van der Waals surface area contributed by atoms with Crippen LogP contribution in [0.3, 0.4) is 0 Å². The molecule has 0 radical (unpaired) electrons. The van der Waals surface area contributed by atoms with Gasteiger partial charge in [-0.3, -0.25) is 0 Å². The Hall–Kier alpha value is -0.0500. The molecule has 2 nitrogen and oxygen atoms in total. The van der Waals surface area contributed by atoms with Crippen LogP contribution < -0.4 is 5.32 Å². The first-order valence-electron chi connectivity index (χ1n) is 4.82. The van der Waals surface area contributed by atoms with Crippen LogP contribution in [0.15, 0.2) is 11.6 Å². The highest BCUT2D eigenvalue weighted by Crippen LogP contribution is 1.98. The Bertz CT molecular complexity index is 148. The molecule has 0 rings (SSSR count). The van der Waals surface area contributed by atoms with E-state index >= 15 is 0 Å². The van der Waals surface area contributed by atoms with E-state index < -0.39 is 0 Å². The van der Waals surface area contributed by atoms with Gasteiger partial charge in [0, 0.05) is 30.7 Å². The van der Waals surface area contributed by atoms with E-state index in [2.05, 4.69) is 37.7 Å². The topological polar surface area (TPSA) is 15.3 Å². The molecular formula is C10H21ClN2. The van der Waals surface area contributed by atoms with E-state index in [4.69, 9.17) is 11.6 Å². The van der Waals surface area contributed by atoms with Gasteiger partial charge in [-0.15, -0.1) is 0 Å². The summed E-state index contributed by atoms with van der Waals surface area (Å²) in [6, 6.07) is 0.654. The van der Waals surface area contributed by atoms with Crippen LogP contribution in [0.2, 0.25) is 0 Å². The molecule has 1 unspecified atom stereocenters. The first kappa shape index (κ1) is 12.9. The molecule has 13 heavy (non-hydrogen) atoms. The zero-order valence-corrected chi connectivity index (χ0v) is 9.69. The fourth-order valence-corrected chi connectivity index (χ4v) is 1.11. The van der Waals surface area contributed by atoms with Crippen LogP contribution in [-0.2, 0) is 0 Å². The van der Waals surface area contributed by atoms with Crippen molar-refractivity contribution in [2.45, 2.75) is 26.3 Å². The smallest absolute Gasteiger partial charge is 0.0307 e. The second-order valence-electron chi connectivity index (χ2n) is 3.43. The Morgan fingerprint density at radius 1 is 1.62 bits per heavy atom. The molecule has 0 aliphatic rings. The predicted octanol–water partition coefficient (Wildman–Crippen LogP) is 2.06. The van der Waals surface area contributed by atoms with Crippen molar-refractivity contribution in [2.24, 2.45) is 0 Å². The fourth-order valence-electron chi connectivity index (χ4n) is 1.01. The largest absolute Gasteiger partial charge is 0.311 e. The number of nitrogens with zero attached hydrogens (tertiary/aromatic N) is 1. The third-order valence-corrected chi connectivity index (χ3v) is 2.44. The molecule has 0 fully saturated rings. The summed E-state index contributed by atoms with van der Waals surface area (Å²) in [6.45, 7) is 10.8. The van der Waals surface area contributed by atoms with E-state index in [0.717, 1.165) is 13.1 Å². The molecule has 0 heterocycles. The van der Waals surface area contributed by atoms with Gasteiger partial charge in [0.2, 0.25) is 0 Å². The molecule has 0 aliphatic carbocycles. The van der Waals surface area contributed by atoms with Gasteiger partial charge in [-0.2, -0.15) is 0 Å². The van der Waals surface area contributed by atoms with E-state index in [-0.39, 0.29) is 0 Å². The Morgan fingerprint density at radius 3 is 2.69 bits per heavy atom. The van der Waals surface area contributed by atoms with Crippen molar-refractivity contribution in [3.63, 3.8) is 0 Å². The van der Waals surface area contributed by atoms with Gasteiger partial charge in [-0.1, -0.05) is 25.1 Å². The van der Waals surface area contributed by atoms with Gasteiger partial charge in [-0.05, 0) is 20.4 Å². The van der Waals surface area contributed by atoms with Gasteiger partial charge in [-0.25, -0.2) is 0 Å². The minimum Gasteiger partial charge on any atom is -0.311 e. The van der Waals surface area contributed by atoms with Crippen LogP contribution >= 0.6 is 11.6 Å². The lowest BCUT2D eigenvalue weighted by atomic mass is 10.2. The van der Waals surface area contributed by atoms with Crippen LogP contribution in [-0.4, -0.2) is 37.6 Å². The average molecular weight is 205 g/mol. The highest BCUT2D eigenvalue weighted by Gasteiger charge is 2.04. The van der Waals surface area contributed by atoms with Crippen molar-refractivity contribution in [1.82, 2.24) is 10.2 Å². The molecular weight excluding hydrogens is 184 g/mol. The van der Waals surface area contributed by atoms with Crippen molar-refractivity contribution in [1.29, 1.82) is 0 Å². The molecule has 1 atom stereocenters. The zero-order valence-electron chi connectivity index (χ0n) is 8.94. The number of nitrogens with one attached hydrogen (secondary N) is 1. The molecule has 0 amide bonds. The predicted molar refractivity (Wildman–Crippen MR) is 60.2 cm³/mol. The number of hydrogen-bond acceptors (Lipinski definition) is 2. The van der Waals surface area contributed by atoms with Gasteiger partial charge in [0.05, 0.1) is 0 Å². The summed E-state index contributed by atoms with van der Waals surface area (Å²) < 4.78 is 0. The number of likely N-dealkylation sites (N-methyl/N-ethyl adjacent to an activating group) is 1. The molecule has 3 heteroatoms. The molecule has 78 valence electrons. The molecule has 0 spiro atoms. The number of halogens is 1. The van der Waals surface area contributed by atoms with Crippen LogP contribution in [0, 0.1) is 0 Å². The summed E-state index contributed by atoms with van der Waals surface area (Å²) >= 11 is 5.61. The minimum absolute atomic E-state index is 0.654. The van der Waals surface area contributed by atoms with Gasteiger partial charge >= 0.3 is 0 Å². The summed E-state index contributed by atoms with van der Waals surface area (Å²) in [4.78, 5) is 2.34. The van der Waals surface area contributed by atoms with Crippen molar-refractivity contribution in [3.05, 3.63) is 11.6 Å². The molecule has 0 saturated carbocycles. The molecule has 1 N–H and O–H groups in total. The molecule has 0 aromatic heterocycles. The average Bonchev–Trinajstić information content (AvgIpc) is 2.10. The van der Waals surface area contributed by atoms with E-state index in [0.29, 0.717) is 17.6 Å². The fraction of sp³-hybridized carbons (Fsp3) is 0.800. The summed E-state index contributed by atoms with van der Waals surface area (Å²) in [5.74, 6) is 0. The normalized spacial score (nSPS) is 13.3. The van der Waals surface area contributed by atoms with Crippen LogP contribution in [0.5, 0.6) is 0 Å². The van der Waals surface area contributed by atoms with E-state index in [9.17, 15) is 0 Å². The number of rotatable bonds is 7. The Labute approximate surface area is 86.9 Å². The molecule has 0 bridgehead atoms. The van der Waals surface area contributed by atoms with Crippen molar-refractivity contribution >= 4 is 11.6 Å². The van der Waals surface area contributed by atoms with Gasteiger partial charge < -0.3 is 10.2 Å². The first-order chi connectivity index (χ1) is 6.07. The monoisotopic (exact) mass is 204 g/mol.